The fourth-order valence-electron chi connectivity index (χ4n) is 2.68. The molecular formula is C18H19ClO. The molecule has 0 atom stereocenters. The maximum atomic E-state index is 12.5. The van der Waals surface area contributed by atoms with Gasteiger partial charge < -0.3 is 0 Å². The third-order valence-electron chi connectivity index (χ3n) is 3.52. The highest BCUT2D eigenvalue weighted by Crippen LogP contribution is 2.22. The quantitative estimate of drug-likeness (QED) is 0.726. The molecular weight excluding hydrogens is 268 g/mol. The van der Waals surface area contributed by atoms with Crippen molar-refractivity contribution < 1.29 is 4.79 Å². The van der Waals surface area contributed by atoms with E-state index in [0.29, 0.717) is 11.4 Å². The highest BCUT2D eigenvalue weighted by atomic mass is 35.5. The van der Waals surface area contributed by atoms with Gasteiger partial charge in [-0.3, -0.25) is 4.79 Å². The van der Waals surface area contributed by atoms with Crippen molar-refractivity contribution in [1.29, 1.82) is 0 Å². The Morgan fingerprint density at radius 2 is 1.55 bits per heavy atom. The number of hydrogen-bond donors (Lipinski definition) is 0. The molecule has 1 nitrogen and oxygen atoms in total. The second-order valence-electron chi connectivity index (χ2n) is 5.47. The molecule has 0 unspecified atom stereocenters. The van der Waals surface area contributed by atoms with Crippen LogP contribution in [0.4, 0.5) is 0 Å². The molecule has 0 radical (unpaired) electrons. The number of hydrogen-bond acceptors (Lipinski definition) is 1. The van der Waals surface area contributed by atoms with Crippen LogP contribution < -0.4 is 0 Å². The standard InChI is InChI=1S/C18H19ClO/c1-11-5-6-15(16(19)9-11)10-17(20)18-13(3)7-12(2)8-14(18)4/h5-9H,10H2,1-4H3. The Labute approximate surface area is 125 Å². The lowest BCUT2D eigenvalue weighted by Gasteiger charge is -2.11. The highest BCUT2D eigenvalue weighted by Gasteiger charge is 2.14. The van der Waals surface area contributed by atoms with Crippen molar-refractivity contribution in [3.05, 3.63) is 68.7 Å². The van der Waals surface area contributed by atoms with Crippen molar-refractivity contribution in [3.8, 4) is 0 Å². The van der Waals surface area contributed by atoms with E-state index < -0.39 is 0 Å². The first-order valence-corrected chi connectivity index (χ1v) is 7.12. The number of rotatable bonds is 3. The first kappa shape index (κ1) is 14.8. The van der Waals surface area contributed by atoms with Crippen LogP contribution in [0.2, 0.25) is 5.02 Å². The molecule has 2 rings (SSSR count). The largest absolute Gasteiger partial charge is 0.294 e. The number of carbonyl (C=O) groups is 1. The summed E-state index contributed by atoms with van der Waals surface area (Å²) in [5.41, 5.74) is 6.08. The summed E-state index contributed by atoms with van der Waals surface area (Å²) in [5.74, 6) is 0.130. The van der Waals surface area contributed by atoms with Crippen LogP contribution in [-0.2, 0) is 6.42 Å². The molecule has 0 spiro atoms. The van der Waals surface area contributed by atoms with Gasteiger partial charge in [-0.05, 0) is 56.0 Å². The van der Waals surface area contributed by atoms with Crippen LogP contribution >= 0.6 is 11.6 Å². The molecule has 0 fully saturated rings. The average molecular weight is 287 g/mol. The zero-order valence-electron chi connectivity index (χ0n) is 12.4. The van der Waals surface area contributed by atoms with Gasteiger partial charge in [0.2, 0.25) is 0 Å². The Morgan fingerprint density at radius 3 is 2.10 bits per heavy atom. The van der Waals surface area contributed by atoms with Crippen molar-refractivity contribution in [2.75, 3.05) is 0 Å². The second-order valence-corrected chi connectivity index (χ2v) is 5.88. The van der Waals surface area contributed by atoms with E-state index in [2.05, 4.69) is 12.1 Å². The van der Waals surface area contributed by atoms with E-state index >= 15 is 0 Å². The van der Waals surface area contributed by atoms with Crippen molar-refractivity contribution in [2.24, 2.45) is 0 Å². The van der Waals surface area contributed by atoms with Crippen LogP contribution in [0.5, 0.6) is 0 Å². The minimum absolute atomic E-state index is 0.130. The van der Waals surface area contributed by atoms with Gasteiger partial charge in [0.15, 0.2) is 5.78 Å². The van der Waals surface area contributed by atoms with E-state index in [4.69, 9.17) is 11.6 Å². The third kappa shape index (κ3) is 3.10. The summed E-state index contributed by atoms with van der Waals surface area (Å²) in [7, 11) is 0. The molecule has 0 N–H and O–H groups in total. The lowest BCUT2D eigenvalue weighted by atomic mass is 9.93. The maximum Gasteiger partial charge on any atom is 0.167 e. The van der Waals surface area contributed by atoms with Gasteiger partial charge in [-0.2, -0.15) is 0 Å². The number of carbonyl (C=O) groups excluding carboxylic acids is 1. The van der Waals surface area contributed by atoms with E-state index in [1.165, 1.54) is 5.56 Å². The molecule has 0 amide bonds. The summed E-state index contributed by atoms with van der Waals surface area (Å²) in [5, 5.41) is 0.667. The maximum absolute atomic E-state index is 12.5. The molecule has 0 bridgehead atoms. The molecule has 0 aromatic heterocycles. The number of Topliss-reactive ketones (excluding diaryl/α,β-unsaturated/α-hetero) is 1. The summed E-state index contributed by atoms with van der Waals surface area (Å²) < 4.78 is 0. The second kappa shape index (κ2) is 5.80. The lowest BCUT2D eigenvalue weighted by molar-refractivity contribution is 0.0992. The van der Waals surface area contributed by atoms with Crippen LogP contribution in [-0.4, -0.2) is 5.78 Å². The SMILES string of the molecule is Cc1cc(C)c(C(=O)Cc2ccc(C)cc2Cl)c(C)c1. The summed E-state index contributed by atoms with van der Waals surface area (Å²) >= 11 is 6.21. The number of aryl methyl sites for hydroxylation is 4. The Bertz CT molecular complexity index is 648. The Hall–Kier alpha value is -1.60. The van der Waals surface area contributed by atoms with E-state index in [0.717, 1.165) is 27.8 Å². The van der Waals surface area contributed by atoms with Gasteiger partial charge in [0.05, 0.1) is 0 Å². The molecule has 0 aliphatic heterocycles. The van der Waals surface area contributed by atoms with Crippen LogP contribution in [0.1, 0.15) is 38.2 Å². The molecule has 0 saturated carbocycles. The predicted molar refractivity (Wildman–Crippen MR) is 84.9 cm³/mol. The molecule has 0 aliphatic rings. The van der Waals surface area contributed by atoms with E-state index in [1.807, 2.05) is 45.9 Å². The molecule has 104 valence electrons. The normalized spacial score (nSPS) is 10.7. The zero-order valence-corrected chi connectivity index (χ0v) is 13.1. The van der Waals surface area contributed by atoms with Crippen molar-refractivity contribution in [3.63, 3.8) is 0 Å². The van der Waals surface area contributed by atoms with Gasteiger partial charge >= 0.3 is 0 Å². The summed E-state index contributed by atoms with van der Waals surface area (Å²) in [4.78, 5) is 12.5. The van der Waals surface area contributed by atoms with Crippen molar-refractivity contribution in [1.82, 2.24) is 0 Å². The Kier molecular flexibility index (Phi) is 4.29. The average Bonchev–Trinajstić information content (AvgIpc) is 2.31. The van der Waals surface area contributed by atoms with Gasteiger partial charge in [-0.15, -0.1) is 0 Å². The summed E-state index contributed by atoms with van der Waals surface area (Å²) in [6.07, 6.45) is 0.351. The van der Waals surface area contributed by atoms with Gasteiger partial charge in [0, 0.05) is 17.0 Å². The highest BCUT2D eigenvalue weighted by molar-refractivity contribution is 6.31. The summed E-state index contributed by atoms with van der Waals surface area (Å²) in [6.45, 7) is 8.02. The predicted octanol–water partition coefficient (Wildman–Crippen LogP) is 5.00. The Morgan fingerprint density at radius 1 is 0.950 bits per heavy atom. The van der Waals surface area contributed by atoms with Crippen molar-refractivity contribution >= 4 is 17.4 Å². The zero-order chi connectivity index (χ0) is 14.9. The minimum Gasteiger partial charge on any atom is -0.294 e. The minimum atomic E-state index is 0.130. The van der Waals surface area contributed by atoms with Gasteiger partial charge in [-0.25, -0.2) is 0 Å². The molecule has 2 heteroatoms. The van der Waals surface area contributed by atoms with Gasteiger partial charge in [0.1, 0.15) is 0 Å². The monoisotopic (exact) mass is 286 g/mol. The molecule has 0 aliphatic carbocycles. The van der Waals surface area contributed by atoms with E-state index in [1.54, 1.807) is 0 Å². The molecule has 2 aromatic carbocycles. The fraction of sp³-hybridized carbons (Fsp3) is 0.278. The molecule has 2 aromatic rings. The molecule has 0 saturated heterocycles. The van der Waals surface area contributed by atoms with Crippen LogP contribution in [0.3, 0.4) is 0 Å². The smallest absolute Gasteiger partial charge is 0.167 e. The number of halogens is 1. The van der Waals surface area contributed by atoms with Crippen LogP contribution in [0, 0.1) is 27.7 Å². The van der Waals surface area contributed by atoms with Gasteiger partial charge in [-0.1, -0.05) is 41.4 Å². The molecule has 0 heterocycles. The number of benzene rings is 2. The van der Waals surface area contributed by atoms with Gasteiger partial charge in [0.25, 0.3) is 0 Å². The third-order valence-corrected chi connectivity index (χ3v) is 3.87. The number of ketones is 1. The fourth-order valence-corrected chi connectivity index (χ4v) is 2.98. The Balaban J connectivity index is 2.33. The van der Waals surface area contributed by atoms with Crippen LogP contribution in [0.15, 0.2) is 30.3 Å². The van der Waals surface area contributed by atoms with Crippen LogP contribution in [0.25, 0.3) is 0 Å². The first-order valence-electron chi connectivity index (χ1n) is 6.74. The topological polar surface area (TPSA) is 17.1 Å². The lowest BCUT2D eigenvalue weighted by Crippen LogP contribution is -2.09. The van der Waals surface area contributed by atoms with Crippen molar-refractivity contribution in [2.45, 2.75) is 34.1 Å². The van der Waals surface area contributed by atoms with E-state index in [-0.39, 0.29) is 5.78 Å². The van der Waals surface area contributed by atoms with E-state index in [9.17, 15) is 4.79 Å². The molecule has 20 heavy (non-hydrogen) atoms. The summed E-state index contributed by atoms with van der Waals surface area (Å²) in [6, 6.07) is 9.94. The first-order chi connectivity index (χ1) is 9.38.